The molecule has 0 aliphatic heterocycles. The number of allylic oxidation sites excluding steroid dienone is 5. The lowest BCUT2D eigenvalue weighted by molar-refractivity contribution is -0.384. The number of ketones is 1. The van der Waals surface area contributed by atoms with Gasteiger partial charge in [0, 0.05) is 12.1 Å². The summed E-state index contributed by atoms with van der Waals surface area (Å²) in [7, 11) is 0. The van der Waals surface area contributed by atoms with Crippen molar-refractivity contribution >= 4 is 17.5 Å². The molecule has 0 N–H and O–H groups in total. The number of carbonyl (C=O) groups is 1. The lowest BCUT2D eigenvalue weighted by atomic mass is 9.72. The molecule has 126 valence electrons. The van der Waals surface area contributed by atoms with Crippen LogP contribution in [0.5, 0.6) is 0 Å². The molecule has 0 bridgehead atoms. The molecule has 0 unspecified atom stereocenters. The van der Waals surface area contributed by atoms with E-state index >= 15 is 0 Å². The van der Waals surface area contributed by atoms with E-state index < -0.39 is 4.92 Å². The van der Waals surface area contributed by atoms with Gasteiger partial charge in [0.1, 0.15) is 0 Å². The van der Waals surface area contributed by atoms with Crippen molar-refractivity contribution in [3.63, 3.8) is 0 Å². The zero-order valence-corrected chi connectivity index (χ0v) is 14.4. The van der Waals surface area contributed by atoms with Crippen LogP contribution in [0.1, 0.15) is 45.6 Å². The number of carbonyl (C=O) groups excluding carboxylic acids is 1. The van der Waals surface area contributed by atoms with Gasteiger partial charge in [-0.15, -0.1) is 0 Å². The molecular formula is C20H23NO3. The first-order chi connectivity index (χ1) is 11.3. The average Bonchev–Trinajstić information content (AvgIpc) is 2.52. The normalized spacial score (nSPS) is 17.6. The largest absolute Gasteiger partial charge is 0.290 e. The van der Waals surface area contributed by atoms with Crippen molar-refractivity contribution in [3.05, 3.63) is 69.3 Å². The highest BCUT2D eigenvalue weighted by molar-refractivity contribution is 6.02. The molecule has 4 heteroatoms. The van der Waals surface area contributed by atoms with Crippen LogP contribution in [0, 0.1) is 15.5 Å². The molecule has 1 aromatic carbocycles. The van der Waals surface area contributed by atoms with Gasteiger partial charge in [-0.3, -0.25) is 14.9 Å². The van der Waals surface area contributed by atoms with Crippen molar-refractivity contribution < 1.29 is 9.72 Å². The second-order valence-electron chi connectivity index (χ2n) is 6.85. The number of non-ortho nitro benzene ring substituents is 1. The molecule has 0 saturated heterocycles. The quantitative estimate of drug-likeness (QED) is 0.421. The third kappa shape index (κ3) is 4.51. The Labute approximate surface area is 142 Å². The van der Waals surface area contributed by atoms with Crippen LogP contribution >= 0.6 is 0 Å². The Morgan fingerprint density at radius 2 is 1.96 bits per heavy atom. The smallest absolute Gasteiger partial charge is 0.270 e. The molecule has 1 aliphatic rings. The third-order valence-electron chi connectivity index (χ3n) is 4.48. The topological polar surface area (TPSA) is 60.2 Å². The van der Waals surface area contributed by atoms with Crippen LogP contribution in [0.15, 0.2) is 53.6 Å². The van der Waals surface area contributed by atoms with Crippen molar-refractivity contribution in [1.29, 1.82) is 0 Å². The molecule has 0 heterocycles. The Bertz CT molecular complexity index is 739. The van der Waals surface area contributed by atoms with Crippen LogP contribution < -0.4 is 0 Å². The summed E-state index contributed by atoms with van der Waals surface area (Å²) in [6, 6.07) is 6.22. The van der Waals surface area contributed by atoms with Gasteiger partial charge in [0.2, 0.25) is 0 Å². The minimum atomic E-state index is -0.445. The van der Waals surface area contributed by atoms with Gasteiger partial charge in [0.25, 0.3) is 5.69 Å². The molecule has 0 atom stereocenters. The number of hydrogen-bond donors (Lipinski definition) is 0. The monoisotopic (exact) mass is 325 g/mol. The molecule has 1 aliphatic carbocycles. The molecule has 2 rings (SSSR count). The zero-order valence-electron chi connectivity index (χ0n) is 14.4. The first-order valence-corrected chi connectivity index (χ1v) is 8.14. The van der Waals surface area contributed by atoms with Crippen molar-refractivity contribution in [2.45, 2.75) is 40.0 Å². The van der Waals surface area contributed by atoms with Crippen molar-refractivity contribution in [2.24, 2.45) is 5.41 Å². The lowest BCUT2D eigenvalue weighted by Crippen LogP contribution is -2.19. The molecule has 1 aromatic rings. The van der Waals surface area contributed by atoms with Crippen LogP contribution in [0.2, 0.25) is 0 Å². The molecule has 0 fully saturated rings. The van der Waals surface area contributed by atoms with Crippen LogP contribution in [0.25, 0.3) is 6.08 Å². The van der Waals surface area contributed by atoms with Gasteiger partial charge in [-0.25, -0.2) is 0 Å². The molecule has 0 amide bonds. The predicted molar refractivity (Wildman–Crippen MR) is 96.6 cm³/mol. The number of rotatable bonds is 5. The Morgan fingerprint density at radius 3 is 2.62 bits per heavy atom. The van der Waals surface area contributed by atoms with Crippen LogP contribution in [0.4, 0.5) is 5.69 Å². The molecule has 0 saturated carbocycles. The zero-order chi connectivity index (χ0) is 17.7. The number of benzene rings is 1. The maximum atomic E-state index is 12.1. The summed E-state index contributed by atoms with van der Waals surface area (Å²) in [5.41, 5.74) is 3.34. The molecule has 4 nitrogen and oxygen atoms in total. The minimum Gasteiger partial charge on any atom is -0.290 e. The number of nitro groups is 1. The minimum absolute atomic E-state index is 0.0184. The number of hydrogen-bond acceptors (Lipinski definition) is 3. The molecule has 24 heavy (non-hydrogen) atoms. The van der Waals surface area contributed by atoms with E-state index in [0.29, 0.717) is 5.56 Å². The van der Waals surface area contributed by atoms with Gasteiger partial charge in [-0.2, -0.15) is 0 Å². The lowest BCUT2D eigenvalue weighted by Gasteiger charge is -2.32. The second kappa shape index (κ2) is 7.39. The van der Waals surface area contributed by atoms with Gasteiger partial charge in [-0.1, -0.05) is 43.7 Å². The van der Waals surface area contributed by atoms with Crippen molar-refractivity contribution in [3.8, 4) is 0 Å². The van der Waals surface area contributed by atoms with E-state index in [2.05, 4.69) is 20.8 Å². The van der Waals surface area contributed by atoms with Gasteiger partial charge < -0.3 is 0 Å². The first-order valence-electron chi connectivity index (χ1n) is 8.14. The maximum Gasteiger partial charge on any atom is 0.270 e. The van der Waals surface area contributed by atoms with Gasteiger partial charge in [-0.05, 0) is 54.9 Å². The van der Waals surface area contributed by atoms with E-state index in [-0.39, 0.29) is 16.9 Å². The molecule has 0 radical (unpaired) electrons. The standard InChI is InChI=1S/C20H23NO3/c1-15-6-5-13-20(2,3)19(15)12-11-18(22)10-9-16-7-4-8-17(14-16)21(23)24/h4,7-12,14H,5-6,13H2,1-3H3/b10-9+,12-11+. The molecule has 0 spiro atoms. The Kier molecular flexibility index (Phi) is 5.50. The summed E-state index contributed by atoms with van der Waals surface area (Å²) in [6.07, 6.45) is 9.96. The summed E-state index contributed by atoms with van der Waals surface area (Å²) in [6.45, 7) is 6.54. The summed E-state index contributed by atoms with van der Waals surface area (Å²) in [5, 5.41) is 10.8. The highest BCUT2D eigenvalue weighted by Crippen LogP contribution is 2.40. The molecule has 0 aromatic heterocycles. The van der Waals surface area contributed by atoms with Gasteiger partial charge in [0.15, 0.2) is 5.78 Å². The fourth-order valence-electron chi connectivity index (χ4n) is 3.15. The molecular weight excluding hydrogens is 302 g/mol. The van der Waals surface area contributed by atoms with E-state index in [0.717, 1.165) is 12.8 Å². The summed E-state index contributed by atoms with van der Waals surface area (Å²) in [4.78, 5) is 22.4. The third-order valence-corrected chi connectivity index (χ3v) is 4.48. The highest BCUT2D eigenvalue weighted by Gasteiger charge is 2.26. The van der Waals surface area contributed by atoms with E-state index in [1.807, 2.05) is 6.08 Å². The van der Waals surface area contributed by atoms with E-state index in [4.69, 9.17) is 0 Å². The maximum absolute atomic E-state index is 12.1. The van der Waals surface area contributed by atoms with Crippen LogP contribution in [-0.2, 0) is 4.79 Å². The van der Waals surface area contributed by atoms with E-state index in [1.54, 1.807) is 24.3 Å². The van der Waals surface area contributed by atoms with Crippen molar-refractivity contribution in [1.82, 2.24) is 0 Å². The SMILES string of the molecule is CC1=C(/C=C/C(=O)/C=C/c2cccc([N+](=O)[O-])c2)C(C)(C)CCC1. The Hall–Kier alpha value is -2.49. The fraction of sp³-hybridized carbons (Fsp3) is 0.350. The van der Waals surface area contributed by atoms with Gasteiger partial charge in [0.05, 0.1) is 4.92 Å². The van der Waals surface area contributed by atoms with Crippen LogP contribution in [0.3, 0.4) is 0 Å². The fourth-order valence-corrected chi connectivity index (χ4v) is 3.15. The average molecular weight is 325 g/mol. The Balaban J connectivity index is 2.10. The van der Waals surface area contributed by atoms with E-state index in [1.165, 1.54) is 35.8 Å². The summed E-state index contributed by atoms with van der Waals surface area (Å²) >= 11 is 0. The van der Waals surface area contributed by atoms with E-state index in [9.17, 15) is 14.9 Å². The second-order valence-corrected chi connectivity index (χ2v) is 6.85. The number of nitrogens with zero attached hydrogens (tertiary/aromatic N) is 1. The number of nitro benzene ring substituents is 1. The summed E-state index contributed by atoms with van der Waals surface area (Å²) in [5.74, 6) is -0.122. The Morgan fingerprint density at radius 1 is 1.25 bits per heavy atom. The van der Waals surface area contributed by atoms with Gasteiger partial charge >= 0.3 is 0 Å². The van der Waals surface area contributed by atoms with Crippen LogP contribution in [-0.4, -0.2) is 10.7 Å². The predicted octanol–water partition coefficient (Wildman–Crippen LogP) is 5.26. The first kappa shape index (κ1) is 17.9. The summed E-state index contributed by atoms with van der Waals surface area (Å²) < 4.78 is 0. The highest BCUT2D eigenvalue weighted by atomic mass is 16.6. The van der Waals surface area contributed by atoms with Crippen molar-refractivity contribution in [2.75, 3.05) is 0 Å².